The second-order valence-corrected chi connectivity index (χ2v) is 7.78. The molecule has 6 nitrogen and oxygen atoms in total. The molecule has 1 aromatic heterocycles. The molecule has 0 amide bonds. The predicted octanol–water partition coefficient (Wildman–Crippen LogP) is 3.75. The molecule has 1 aliphatic rings. The monoisotopic (exact) mass is 538 g/mol. The normalized spacial score (nSPS) is 16.2. The number of unbranched alkanes of at least 4 members (excludes halogenated alkanes) is 1. The van der Waals surface area contributed by atoms with Crippen LogP contribution in [0.2, 0.25) is 0 Å². The minimum Gasteiger partial charge on any atom is -0.376 e. The van der Waals surface area contributed by atoms with Crippen molar-refractivity contribution in [2.75, 3.05) is 32.8 Å². The average Bonchev–Trinajstić information content (AvgIpc) is 3.23. The van der Waals surface area contributed by atoms with Crippen LogP contribution in [-0.4, -0.2) is 48.2 Å². The molecule has 0 spiro atoms. The molecule has 1 unspecified atom stereocenters. The minimum absolute atomic E-state index is 0. The lowest BCUT2D eigenvalue weighted by atomic mass is 10.1. The van der Waals surface area contributed by atoms with E-state index in [9.17, 15) is 4.79 Å². The Morgan fingerprint density at radius 1 is 1.16 bits per heavy atom. The maximum absolute atomic E-state index is 11.7. The third kappa shape index (κ3) is 8.65. The van der Waals surface area contributed by atoms with E-state index in [2.05, 4.69) is 29.3 Å². The van der Waals surface area contributed by atoms with Gasteiger partial charge in [0, 0.05) is 50.9 Å². The molecule has 1 N–H and O–H groups in total. The number of hydrogen-bond donors (Lipinski definition) is 1. The molecule has 0 bridgehead atoms. The fraction of sp³-hybridized carbons (Fsp3) is 0.500. The van der Waals surface area contributed by atoms with E-state index < -0.39 is 0 Å². The summed E-state index contributed by atoms with van der Waals surface area (Å²) in [7, 11) is 0. The van der Waals surface area contributed by atoms with E-state index in [1.165, 1.54) is 5.56 Å². The van der Waals surface area contributed by atoms with Crippen molar-refractivity contribution in [1.82, 2.24) is 14.8 Å². The Labute approximate surface area is 202 Å². The second kappa shape index (κ2) is 14.2. The van der Waals surface area contributed by atoms with Gasteiger partial charge in [-0.05, 0) is 37.8 Å². The molecule has 1 aliphatic heterocycles. The number of aliphatic imine (C=N–C) groups is 1. The summed E-state index contributed by atoms with van der Waals surface area (Å²) in [6, 6.07) is 15.6. The Hall–Kier alpha value is -1.87. The number of halogens is 1. The van der Waals surface area contributed by atoms with Gasteiger partial charge in [-0.25, -0.2) is 0 Å². The van der Waals surface area contributed by atoms with Crippen LogP contribution in [0.4, 0.5) is 0 Å². The number of hydrogen-bond acceptors (Lipinski definition) is 3. The molecule has 1 saturated heterocycles. The lowest BCUT2D eigenvalue weighted by Crippen LogP contribution is -2.40. The van der Waals surface area contributed by atoms with Crippen molar-refractivity contribution in [3.05, 3.63) is 70.6 Å². The first-order chi connectivity index (χ1) is 14.8. The highest BCUT2D eigenvalue weighted by atomic mass is 127. The Morgan fingerprint density at radius 2 is 1.97 bits per heavy atom. The number of guanidine groups is 1. The molecule has 2 heterocycles. The van der Waals surface area contributed by atoms with Crippen molar-refractivity contribution < 1.29 is 4.74 Å². The number of benzene rings is 1. The molecule has 31 heavy (non-hydrogen) atoms. The van der Waals surface area contributed by atoms with Crippen molar-refractivity contribution in [3.8, 4) is 0 Å². The summed E-state index contributed by atoms with van der Waals surface area (Å²) >= 11 is 0. The fourth-order valence-electron chi connectivity index (χ4n) is 3.73. The van der Waals surface area contributed by atoms with Gasteiger partial charge in [0.2, 0.25) is 5.56 Å². The minimum atomic E-state index is 0. The molecular formula is C24H35IN4O2. The number of nitrogens with zero attached hydrogens (tertiary/aromatic N) is 3. The number of aryl methyl sites for hydroxylation is 1. The van der Waals surface area contributed by atoms with Crippen LogP contribution in [-0.2, 0) is 17.9 Å². The van der Waals surface area contributed by atoms with Crippen LogP contribution in [0, 0.1) is 5.92 Å². The topological polar surface area (TPSA) is 58.9 Å². The molecule has 0 radical (unpaired) electrons. The van der Waals surface area contributed by atoms with Gasteiger partial charge in [0.1, 0.15) is 0 Å². The summed E-state index contributed by atoms with van der Waals surface area (Å²) in [5, 5.41) is 3.42. The molecule has 7 heteroatoms. The van der Waals surface area contributed by atoms with E-state index in [1.807, 2.05) is 30.5 Å². The van der Waals surface area contributed by atoms with Crippen molar-refractivity contribution in [3.63, 3.8) is 0 Å². The van der Waals surface area contributed by atoms with Gasteiger partial charge >= 0.3 is 0 Å². The average molecular weight is 538 g/mol. The maximum atomic E-state index is 11.7. The highest BCUT2D eigenvalue weighted by Gasteiger charge is 2.24. The molecule has 3 rings (SSSR count). The Kier molecular flexibility index (Phi) is 11.7. The Balaban J connectivity index is 0.00000341. The predicted molar refractivity (Wildman–Crippen MR) is 137 cm³/mol. The third-order valence-electron chi connectivity index (χ3n) is 5.35. The Bertz CT molecular complexity index is 841. The first-order valence-electron chi connectivity index (χ1n) is 11.1. The molecule has 1 atom stereocenters. The smallest absolute Gasteiger partial charge is 0.250 e. The van der Waals surface area contributed by atoms with Gasteiger partial charge in [0.25, 0.3) is 0 Å². The molecular weight excluding hydrogens is 503 g/mol. The van der Waals surface area contributed by atoms with Gasteiger partial charge in [-0.3, -0.25) is 9.79 Å². The van der Waals surface area contributed by atoms with E-state index in [1.54, 1.807) is 16.7 Å². The van der Waals surface area contributed by atoms with Crippen molar-refractivity contribution in [2.45, 2.75) is 39.3 Å². The van der Waals surface area contributed by atoms with Crippen LogP contribution in [0.3, 0.4) is 0 Å². The lowest BCUT2D eigenvalue weighted by Gasteiger charge is -2.21. The van der Waals surface area contributed by atoms with Gasteiger partial charge in [0.15, 0.2) is 5.96 Å². The van der Waals surface area contributed by atoms with E-state index in [-0.39, 0.29) is 29.5 Å². The van der Waals surface area contributed by atoms with Crippen LogP contribution in [0.15, 0.2) is 64.5 Å². The van der Waals surface area contributed by atoms with Crippen molar-refractivity contribution in [2.24, 2.45) is 10.9 Å². The number of nitrogens with one attached hydrogen (secondary N) is 1. The van der Waals surface area contributed by atoms with E-state index in [0.29, 0.717) is 12.5 Å². The summed E-state index contributed by atoms with van der Waals surface area (Å²) in [6.45, 7) is 7.96. The SMILES string of the molecule is CCNC(=NCCCCn1ccccc1=O)N1CCC(COCc2ccccc2)C1.I. The maximum Gasteiger partial charge on any atom is 0.250 e. The highest BCUT2D eigenvalue weighted by Crippen LogP contribution is 2.17. The lowest BCUT2D eigenvalue weighted by molar-refractivity contribution is 0.0907. The number of likely N-dealkylation sites (tertiary alicyclic amines) is 1. The van der Waals surface area contributed by atoms with Gasteiger partial charge in [-0.1, -0.05) is 36.4 Å². The first kappa shape index (κ1) is 25.4. The van der Waals surface area contributed by atoms with E-state index in [4.69, 9.17) is 9.73 Å². The van der Waals surface area contributed by atoms with E-state index >= 15 is 0 Å². The van der Waals surface area contributed by atoms with Crippen LogP contribution in [0.5, 0.6) is 0 Å². The van der Waals surface area contributed by atoms with Gasteiger partial charge in [0.05, 0.1) is 13.2 Å². The molecule has 2 aromatic rings. The zero-order valence-corrected chi connectivity index (χ0v) is 20.7. The largest absolute Gasteiger partial charge is 0.376 e. The quantitative estimate of drug-likeness (QED) is 0.217. The van der Waals surface area contributed by atoms with Gasteiger partial charge in [-0.2, -0.15) is 0 Å². The number of rotatable bonds is 10. The molecule has 1 fully saturated rings. The van der Waals surface area contributed by atoms with E-state index in [0.717, 1.165) is 64.6 Å². The van der Waals surface area contributed by atoms with Crippen LogP contribution in [0.1, 0.15) is 31.7 Å². The molecule has 0 aliphatic carbocycles. The number of ether oxygens (including phenoxy) is 1. The zero-order valence-electron chi connectivity index (χ0n) is 18.4. The fourth-order valence-corrected chi connectivity index (χ4v) is 3.73. The van der Waals surface area contributed by atoms with Crippen molar-refractivity contribution >= 4 is 29.9 Å². The van der Waals surface area contributed by atoms with Gasteiger partial charge in [-0.15, -0.1) is 24.0 Å². The summed E-state index contributed by atoms with van der Waals surface area (Å²) in [4.78, 5) is 18.9. The van der Waals surface area contributed by atoms with Crippen LogP contribution >= 0.6 is 24.0 Å². The third-order valence-corrected chi connectivity index (χ3v) is 5.35. The second-order valence-electron chi connectivity index (χ2n) is 7.78. The number of aromatic nitrogens is 1. The summed E-state index contributed by atoms with van der Waals surface area (Å²) in [6.07, 6.45) is 4.90. The summed E-state index contributed by atoms with van der Waals surface area (Å²) in [5.41, 5.74) is 1.28. The standard InChI is InChI=1S/C24H34N4O2.HI/c1-2-25-24(26-14-7-9-16-27-15-8-6-12-23(27)29)28-17-13-22(18-28)20-30-19-21-10-4-3-5-11-21;/h3-6,8,10-12,15,22H,2,7,9,13-14,16-20H2,1H3,(H,25,26);1H. The van der Waals surface area contributed by atoms with Crippen LogP contribution in [0.25, 0.3) is 0 Å². The summed E-state index contributed by atoms with van der Waals surface area (Å²) in [5.74, 6) is 1.54. The van der Waals surface area contributed by atoms with Crippen LogP contribution < -0.4 is 10.9 Å². The Morgan fingerprint density at radius 3 is 2.74 bits per heavy atom. The molecule has 1 aromatic carbocycles. The number of pyridine rings is 1. The van der Waals surface area contributed by atoms with Gasteiger partial charge < -0.3 is 19.5 Å². The zero-order chi connectivity index (χ0) is 21.0. The highest BCUT2D eigenvalue weighted by molar-refractivity contribution is 14.0. The molecule has 170 valence electrons. The first-order valence-corrected chi connectivity index (χ1v) is 11.1. The van der Waals surface area contributed by atoms with Crippen molar-refractivity contribution in [1.29, 1.82) is 0 Å². The molecule has 0 saturated carbocycles. The summed E-state index contributed by atoms with van der Waals surface area (Å²) < 4.78 is 7.70.